The number of hydrogen-bond donors (Lipinski definition) is 2. The second-order valence-electron chi connectivity index (χ2n) is 4.58. The lowest BCUT2D eigenvalue weighted by Gasteiger charge is -2.08. The molecule has 0 spiro atoms. The maximum atomic E-state index is 5.62. The number of hydrazine groups is 1. The van der Waals surface area contributed by atoms with Gasteiger partial charge in [0.2, 0.25) is 0 Å². The van der Waals surface area contributed by atoms with Crippen molar-refractivity contribution in [1.29, 1.82) is 0 Å². The smallest absolute Gasteiger partial charge is 0.142 e. The van der Waals surface area contributed by atoms with Crippen LogP contribution in [0.4, 0.5) is 0 Å². The van der Waals surface area contributed by atoms with Gasteiger partial charge in [-0.3, -0.25) is 4.99 Å². The highest BCUT2D eigenvalue weighted by molar-refractivity contribution is 5.98. The molecule has 2 rings (SSSR count). The van der Waals surface area contributed by atoms with E-state index < -0.39 is 0 Å². The zero-order chi connectivity index (χ0) is 12.8. The van der Waals surface area contributed by atoms with Crippen molar-refractivity contribution in [3.8, 4) is 5.75 Å². The molecule has 4 nitrogen and oxygen atoms in total. The van der Waals surface area contributed by atoms with Crippen LogP contribution in [0.15, 0.2) is 29.3 Å². The van der Waals surface area contributed by atoms with Crippen molar-refractivity contribution in [2.45, 2.75) is 38.6 Å². The van der Waals surface area contributed by atoms with Crippen molar-refractivity contribution < 1.29 is 4.74 Å². The summed E-state index contributed by atoms with van der Waals surface area (Å²) in [7, 11) is 0. The van der Waals surface area contributed by atoms with Crippen molar-refractivity contribution >= 4 is 5.84 Å². The number of nitrogens with zero attached hydrogens (tertiary/aromatic N) is 1. The van der Waals surface area contributed by atoms with E-state index in [0.717, 1.165) is 36.6 Å². The molecule has 0 amide bonds. The normalized spacial score (nSPS) is 15.6. The van der Waals surface area contributed by atoms with E-state index in [1.54, 1.807) is 0 Å². The number of nitrogens with one attached hydrogen (secondary N) is 1. The summed E-state index contributed by atoms with van der Waals surface area (Å²) >= 11 is 0. The molecule has 0 bridgehead atoms. The van der Waals surface area contributed by atoms with Crippen LogP contribution < -0.4 is 16.0 Å². The molecular weight excluding hydrogens is 226 g/mol. The van der Waals surface area contributed by atoms with Crippen LogP contribution in [0.3, 0.4) is 0 Å². The van der Waals surface area contributed by atoms with E-state index in [2.05, 4.69) is 17.3 Å². The van der Waals surface area contributed by atoms with Crippen LogP contribution in [0.5, 0.6) is 5.75 Å². The molecule has 1 aromatic rings. The van der Waals surface area contributed by atoms with Gasteiger partial charge in [-0.15, -0.1) is 0 Å². The average molecular weight is 247 g/mol. The minimum absolute atomic E-state index is 0.455. The first-order valence-corrected chi connectivity index (χ1v) is 6.61. The molecule has 1 aromatic carbocycles. The van der Waals surface area contributed by atoms with E-state index in [9.17, 15) is 0 Å². The number of ether oxygens (including phenoxy) is 1. The van der Waals surface area contributed by atoms with Crippen LogP contribution in [0.1, 0.15) is 38.2 Å². The minimum Gasteiger partial charge on any atom is -0.494 e. The third kappa shape index (κ3) is 3.74. The second-order valence-corrected chi connectivity index (χ2v) is 4.58. The van der Waals surface area contributed by atoms with Gasteiger partial charge >= 0.3 is 0 Å². The lowest BCUT2D eigenvalue weighted by molar-refractivity contribution is 0.309. The standard InChI is InChI=1S/C14H21N3O/c1-2-3-10-18-13-8-4-11(5-9-13)14(17-15)16-12-6-7-12/h4-5,8-9,12H,2-3,6-7,10,15H2,1H3,(H,16,17). The zero-order valence-electron chi connectivity index (χ0n) is 10.9. The van der Waals surface area contributed by atoms with Gasteiger partial charge in [-0.25, -0.2) is 5.84 Å². The van der Waals surface area contributed by atoms with Crippen molar-refractivity contribution in [3.63, 3.8) is 0 Å². The maximum Gasteiger partial charge on any atom is 0.142 e. The van der Waals surface area contributed by atoms with Gasteiger partial charge in [0, 0.05) is 5.56 Å². The molecule has 1 aliphatic carbocycles. The van der Waals surface area contributed by atoms with Crippen molar-refractivity contribution in [2.75, 3.05) is 6.61 Å². The molecule has 0 aliphatic heterocycles. The van der Waals surface area contributed by atoms with E-state index in [-0.39, 0.29) is 0 Å². The SMILES string of the molecule is CCCCOc1ccc(C(=NC2CC2)NN)cc1. The highest BCUT2D eigenvalue weighted by atomic mass is 16.5. The summed E-state index contributed by atoms with van der Waals surface area (Å²) in [6, 6.07) is 8.36. The quantitative estimate of drug-likeness (QED) is 0.266. The van der Waals surface area contributed by atoms with Crippen molar-refractivity contribution in [2.24, 2.45) is 10.8 Å². The molecule has 18 heavy (non-hydrogen) atoms. The van der Waals surface area contributed by atoms with Gasteiger partial charge in [0.05, 0.1) is 12.6 Å². The molecule has 0 saturated heterocycles. The highest BCUT2D eigenvalue weighted by Gasteiger charge is 2.21. The predicted molar refractivity (Wildman–Crippen MR) is 73.7 cm³/mol. The van der Waals surface area contributed by atoms with Crippen molar-refractivity contribution in [3.05, 3.63) is 29.8 Å². The van der Waals surface area contributed by atoms with E-state index in [1.165, 1.54) is 12.8 Å². The molecule has 0 radical (unpaired) electrons. The monoisotopic (exact) mass is 247 g/mol. The fourth-order valence-electron chi connectivity index (χ4n) is 1.62. The molecule has 0 atom stereocenters. The Morgan fingerprint density at radius 1 is 1.39 bits per heavy atom. The largest absolute Gasteiger partial charge is 0.494 e. The summed E-state index contributed by atoms with van der Waals surface area (Å²) in [5, 5.41) is 0. The molecule has 98 valence electrons. The van der Waals surface area contributed by atoms with E-state index >= 15 is 0 Å². The molecule has 0 heterocycles. The van der Waals surface area contributed by atoms with E-state index in [0.29, 0.717) is 6.04 Å². The summed E-state index contributed by atoms with van der Waals surface area (Å²) in [5.74, 6) is 7.16. The number of nitrogens with two attached hydrogens (primary N) is 1. The summed E-state index contributed by atoms with van der Waals surface area (Å²) in [6.07, 6.45) is 4.57. The van der Waals surface area contributed by atoms with Gasteiger partial charge in [0.25, 0.3) is 0 Å². The number of benzene rings is 1. The summed E-state index contributed by atoms with van der Waals surface area (Å²) in [6.45, 7) is 2.92. The van der Waals surface area contributed by atoms with Crippen LogP contribution in [-0.4, -0.2) is 18.5 Å². The predicted octanol–water partition coefficient (Wildman–Crippen LogP) is 2.24. The first-order valence-electron chi connectivity index (χ1n) is 6.61. The van der Waals surface area contributed by atoms with Crippen LogP contribution in [0.25, 0.3) is 0 Å². The van der Waals surface area contributed by atoms with Crippen LogP contribution >= 0.6 is 0 Å². The number of hydrogen-bond acceptors (Lipinski definition) is 3. The molecule has 0 unspecified atom stereocenters. The summed E-state index contributed by atoms with van der Waals surface area (Å²) in [5.41, 5.74) is 3.68. The molecule has 1 aliphatic rings. The summed E-state index contributed by atoms with van der Waals surface area (Å²) in [4.78, 5) is 4.52. The lowest BCUT2D eigenvalue weighted by atomic mass is 10.2. The highest BCUT2D eigenvalue weighted by Crippen LogP contribution is 2.24. The van der Waals surface area contributed by atoms with Gasteiger partial charge in [-0.2, -0.15) is 0 Å². The van der Waals surface area contributed by atoms with Crippen LogP contribution in [0, 0.1) is 0 Å². The molecule has 0 aromatic heterocycles. The Balaban J connectivity index is 1.97. The Morgan fingerprint density at radius 2 is 2.11 bits per heavy atom. The maximum absolute atomic E-state index is 5.62. The first-order chi connectivity index (χ1) is 8.83. The molecule has 1 fully saturated rings. The lowest BCUT2D eigenvalue weighted by Crippen LogP contribution is -2.31. The molecule has 4 heteroatoms. The molecular formula is C14H21N3O. The van der Waals surface area contributed by atoms with Crippen LogP contribution in [-0.2, 0) is 0 Å². The van der Waals surface area contributed by atoms with Gasteiger partial charge < -0.3 is 10.2 Å². The van der Waals surface area contributed by atoms with E-state index in [1.807, 2.05) is 24.3 Å². The topological polar surface area (TPSA) is 59.6 Å². The van der Waals surface area contributed by atoms with Gasteiger partial charge in [0.1, 0.15) is 11.6 Å². The van der Waals surface area contributed by atoms with Gasteiger partial charge in [-0.05, 0) is 43.5 Å². The van der Waals surface area contributed by atoms with E-state index in [4.69, 9.17) is 10.6 Å². The van der Waals surface area contributed by atoms with Crippen LogP contribution in [0.2, 0.25) is 0 Å². The fraction of sp³-hybridized carbons (Fsp3) is 0.500. The number of rotatable bonds is 6. The van der Waals surface area contributed by atoms with Crippen molar-refractivity contribution in [1.82, 2.24) is 5.43 Å². The Morgan fingerprint density at radius 3 is 2.67 bits per heavy atom. The number of unbranched alkanes of at least 4 members (excludes halogenated alkanes) is 1. The third-order valence-corrected chi connectivity index (χ3v) is 2.89. The second kappa shape index (κ2) is 6.40. The number of amidine groups is 1. The Kier molecular flexibility index (Phi) is 4.59. The third-order valence-electron chi connectivity index (χ3n) is 2.89. The van der Waals surface area contributed by atoms with Gasteiger partial charge in [0.15, 0.2) is 0 Å². The Bertz CT molecular complexity index is 396. The molecule has 3 N–H and O–H groups in total. The summed E-state index contributed by atoms with van der Waals surface area (Å²) < 4.78 is 5.62. The fourth-order valence-corrected chi connectivity index (χ4v) is 1.62. The van der Waals surface area contributed by atoms with Gasteiger partial charge in [-0.1, -0.05) is 13.3 Å². The zero-order valence-corrected chi connectivity index (χ0v) is 10.9. The minimum atomic E-state index is 0.455. The Hall–Kier alpha value is -1.55. The average Bonchev–Trinajstić information content (AvgIpc) is 3.21. The number of aliphatic imine (C=N–C) groups is 1. The Labute approximate surface area is 108 Å². The molecule has 1 saturated carbocycles. The first kappa shape index (κ1) is 12.9.